The summed E-state index contributed by atoms with van der Waals surface area (Å²) >= 11 is 1.75. The molecule has 1 rings (SSSR count). The van der Waals surface area contributed by atoms with Gasteiger partial charge in [0.2, 0.25) is 0 Å². The highest BCUT2D eigenvalue weighted by Crippen LogP contribution is 2.20. The molecule has 0 spiro atoms. The summed E-state index contributed by atoms with van der Waals surface area (Å²) in [4.78, 5) is 1.28. The molecule has 1 unspecified atom stereocenters. The second-order valence-corrected chi connectivity index (χ2v) is 5.69. The van der Waals surface area contributed by atoms with Gasteiger partial charge in [-0.3, -0.25) is 0 Å². The van der Waals surface area contributed by atoms with Crippen molar-refractivity contribution in [3.05, 3.63) is 29.8 Å². The third-order valence-electron chi connectivity index (χ3n) is 3.67. The monoisotopic (exact) mass is 267 g/mol. The Bertz CT molecular complexity index is 346. The molecule has 18 heavy (non-hydrogen) atoms. The molecule has 1 aromatic rings. The third kappa shape index (κ3) is 4.30. The normalized spacial score (nSPS) is 13.6. The molecule has 1 aromatic carbocycles. The van der Waals surface area contributed by atoms with Gasteiger partial charge in [0.05, 0.1) is 5.60 Å². The van der Waals surface area contributed by atoms with Gasteiger partial charge in [0.15, 0.2) is 0 Å². The van der Waals surface area contributed by atoms with E-state index in [1.165, 1.54) is 10.5 Å². The summed E-state index contributed by atoms with van der Waals surface area (Å²) in [6.07, 6.45) is 3.66. The Labute approximate surface area is 115 Å². The number of nitrogens with one attached hydrogen (secondary N) is 1. The minimum Gasteiger partial charge on any atom is -0.389 e. The molecule has 102 valence electrons. The number of thioether (sulfide) groups is 1. The minimum absolute atomic E-state index is 0.269. The van der Waals surface area contributed by atoms with Gasteiger partial charge in [-0.25, -0.2) is 0 Å². The van der Waals surface area contributed by atoms with Crippen molar-refractivity contribution in [3.8, 4) is 0 Å². The zero-order chi connectivity index (χ0) is 13.6. The van der Waals surface area contributed by atoms with Crippen molar-refractivity contribution in [1.29, 1.82) is 0 Å². The Kier molecular flexibility index (Phi) is 6.19. The van der Waals surface area contributed by atoms with E-state index in [0.29, 0.717) is 6.54 Å². The van der Waals surface area contributed by atoms with Gasteiger partial charge in [-0.15, -0.1) is 11.8 Å². The Morgan fingerprint density at radius 1 is 1.22 bits per heavy atom. The molecular formula is C15H25NOS. The topological polar surface area (TPSA) is 32.3 Å². The molecule has 0 fully saturated rings. The van der Waals surface area contributed by atoms with Crippen LogP contribution in [0.1, 0.15) is 45.2 Å². The third-order valence-corrected chi connectivity index (χ3v) is 4.41. The van der Waals surface area contributed by atoms with Crippen LogP contribution in [0.2, 0.25) is 0 Å². The molecule has 2 nitrogen and oxygen atoms in total. The first-order valence-electron chi connectivity index (χ1n) is 6.64. The molecule has 0 aliphatic rings. The van der Waals surface area contributed by atoms with Gasteiger partial charge < -0.3 is 10.4 Å². The van der Waals surface area contributed by atoms with Crippen molar-refractivity contribution in [1.82, 2.24) is 5.32 Å². The standard InChI is InChI=1S/C15H25NOS/c1-5-15(17,6-2)11-16-12(3)13-7-9-14(18-4)10-8-13/h7-10,12,16-17H,5-6,11H2,1-4H3. The molecule has 0 aliphatic heterocycles. The molecule has 0 saturated carbocycles. The summed E-state index contributed by atoms with van der Waals surface area (Å²) in [6.45, 7) is 6.84. The predicted octanol–water partition coefficient (Wildman–Crippen LogP) is 3.61. The van der Waals surface area contributed by atoms with Crippen molar-refractivity contribution < 1.29 is 5.11 Å². The van der Waals surface area contributed by atoms with E-state index >= 15 is 0 Å². The number of benzene rings is 1. The van der Waals surface area contributed by atoms with Gasteiger partial charge >= 0.3 is 0 Å². The molecule has 0 amide bonds. The van der Waals surface area contributed by atoms with Gasteiger partial charge in [-0.05, 0) is 43.7 Å². The van der Waals surface area contributed by atoms with Crippen LogP contribution in [0.25, 0.3) is 0 Å². The van der Waals surface area contributed by atoms with E-state index < -0.39 is 5.60 Å². The maximum Gasteiger partial charge on any atom is 0.0766 e. The summed E-state index contributed by atoms with van der Waals surface area (Å²) in [5.74, 6) is 0. The highest BCUT2D eigenvalue weighted by atomic mass is 32.2. The van der Waals surface area contributed by atoms with Crippen LogP contribution in [0, 0.1) is 0 Å². The van der Waals surface area contributed by atoms with Gasteiger partial charge in [0.1, 0.15) is 0 Å². The molecule has 0 bridgehead atoms. The molecule has 0 radical (unpaired) electrons. The molecule has 0 saturated heterocycles. The predicted molar refractivity (Wildman–Crippen MR) is 80.2 cm³/mol. The first-order valence-corrected chi connectivity index (χ1v) is 7.87. The van der Waals surface area contributed by atoms with Gasteiger partial charge in [-0.2, -0.15) is 0 Å². The highest BCUT2D eigenvalue weighted by molar-refractivity contribution is 7.98. The summed E-state index contributed by atoms with van der Waals surface area (Å²) in [6, 6.07) is 8.86. The summed E-state index contributed by atoms with van der Waals surface area (Å²) in [5, 5.41) is 13.7. The van der Waals surface area contributed by atoms with Gasteiger partial charge in [0.25, 0.3) is 0 Å². The number of rotatable bonds is 7. The maximum atomic E-state index is 10.2. The van der Waals surface area contributed by atoms with Crippen LogP contribution in [0.15, 0.2) is 29.2 Å². The lowest BCUT2D eigenvalue weighted by Crippen LogP contribution is -2.40. The first kappa shape index (κ1) is 15.5. The maximum absolute atomic E-state index is 10.2. The molecule has 0 aromatic heterocycles. The molecule has 1 atom stereocenters. The number of aliphatic hydroxyl groups is 1. The van der Waals surface area contributed by atoms with E-state index in [1.54, 1.807) is 11.8 Å². The minimum atomic E-state index is -0.576. The van der Waals surface area contributed by atoms with E-state index in [2.05, 4.69) is 42.8 Å². The second kappa shape index (κ2) is 7.17. The van der Waals surface area contributed by atoms with Crippen LogP contribution in [0.3, 0.4) is 0 Å². The van der Waals surface area contributed by atoms with E-state index in [0.717, 1.165) is 12.8 Å². The fourth-order valence-electron chi connectivity index (χ4n) is 1.85. The van der Waals surface area contributed by atoms with Crippen molar-refractivity contribution in [2.45, 2.75) is 50.2 Å². The van der Waals surface area contributed by atoms with Crippen LogP contribution in [0.4, 0.5) is 0 Å². The molecule has 0 aliphatic carbocycles. The lowest BCUT2D eigenvalue weighted by Gasteiger charge is -2.27. The van der Waals surface area contributed by atoms with E-state index in [4.69, 9.17) is 0 Å². The fourth-order valence-corrected chi connectivity index (χ4v) is 2.26. The van der Waals surface area contributed by atoms with Crippen LogP contribution in [-0.2, 0) is 0 Å². The number of hydrogen-bond donors (Lipinski definition) is 2. The Balaban J connectivity index is 2.56. The Morgan fingerprint density at radius 3 is 2.22 bits per heavy atom. The molecule has 2 N–H and O–H groups in total. The van der Waals surface area contributed by atoms with Crippen molar-refractivity contribution in [2.24, 2.45) is 0 Å². The first-order chi connectivity index (χ1) is 8.54. The Morgan fingerprint density at radius 2 is 1.78 bits per heavy atom. The summed E-state index contributed by atoms with van der Waals surface area (Å²) in [7, 11) is 0. The van der Waals surface area contributed by atoms with Gasteiger partial charge in [-0.1, -0.05) is 26.0 Å². The SMILES string of the molecule is CCC(O)(CC)CNC(C)c1ccc(SC)cc1. The van der Waals surface area contributed by atoms with Crippen LogP contribution >= 0.6 is 11.8 Å². The van der Waals surface area contributed by atoms with Crippen molar-refractivity contribution in [3.63, 3.8) is 0 Å². The lowest BCUT2D eigenvalue weighted by molar-refractivity contribution is 0.0303. The second-order valence-electron chi connectivity index (χ2n) is 4.81. The van der Waals surface area contributed by atoms with Crippen LogP contribution < -0.4 is 5.32 Å². The average Bonchev–Trinajstić information content (AvgIpc) is 2.44. The van der Waals surface area contributed by atoms with Crippen LogP contribution in [-0.4, -0.2) is 23.5 Å². The zero-order valence-electron chi connectivity index (χ0n) is 11.9. The van der Waals surface area contributed by atoms with Crippen molar-refractivity contribution in [2.75, 3.05) is 12.8 Å². The molecule has 0 heterocycles. The van der Waals surface area contributed by atoms with E-state index in [1.807, 2.05) is 13.8 Å². The van der Waals surface area contributed by atoms with Crippen LogP contribution in [0.5, 0.6) is 0 Å². The molecule has 3 heteroatoms. The van der Waals surface area contributed by atoms with E-state index in [-0.39, 0.29) is 6.04 Å². The quantitative estimate of drug-likeness (QED) is 0.740. The highest BCUT2D eigenvalue weighted by Gasteiger charge is 2.22. The summed E-state index contributed by atoms with van der Waals surface area (Å²) in [5.41, 5.74) is 0.690. The lowest BCUT2D eigenvalue weighted by atomic mass is 9.96. The fraction of sp³-hybridized carbons (Fsp3) is 0.600. The van der Waals surface area contributed by atoms with Gasteiger partial charge in [0, 0.05) is 17.5 Å². The summed E-state index contributed by atoms with van der Waals surface area (Å²) < 4.78 is 0. The smallest absolute Gasteiger partial charge is 0.0766 e. The largest absolute Gasteiger partial charge is 0.389 e. The zero-order valence-corrected chi connectivity index (χ0v) is 12.7. The average molecular weight is 267 g/mol. The molecular weight excluding hydrogens is 242 g/mol. The van der Waals surface area contributed by atoms with E-state index in [9.17, 15) is 5.11 Å². The number of hydrogen-bond acceptors (Lipinski definition) is 3. The Hall–Kier alpha value is -0.510. The van der Waals surface area contributed by atoms with Crippen molar-refractivity contribution >= 4 is 11.8 Å².